The smallest absolute Gasteiger partial charge is 0.107 e. The fraction of sp³-hybridized carbons (Fsp3) is 0.286. The first-order chi connectivity index (χ1) is 13.0. The predicted molar refractivity (Wildman–Crippen MR) is 108 cm³/mol. The lowest BCUT2D eigenvalue weighted by Crippen LogP contribution is -2.41. The van der Waals surface area contributed by atoms with Crippen LogP contribution in [0.4, 0.5) is 0 Å². The van der Waals surface area contributed by atoms with Gasteiger partial charge < -0.3 is 4.57 Å². The molecule has 27 heavy (non-hydrogen) atoms. The monoisotopic (exact) mass is 401 g/mol. The third-order valence-corrected chi connectivity index (χ3v) is 6.03. The van der Waals surface area contributed by atoms with Gasteiger partial charge in [-0.15, -0.1) is 0 Å². The molecule has 0 radical (unpaired) electrons. The molecule has 0 spiro atoms. The van der Waals surface area contributed by atoms with Crippen LogP contribution in [0.1, 0.15) is 29.2 Å². The van der Waals surface area contributed by atoms with Crippen LogP contribution in [0.15, 0.2) is 61.2 Å². The minimum Gasteiger partial charge on any atom is -0.335 e. The van der Waals surface area contributed by atoms with Crippen molar-refractivity contribution in [3.8, 4) is 0 Å². The number of likely N-dealkylation sites (N-methyl/N-ethyl adjacent to an activating group) is 1. The molecule has 1 fully saturated rings. The summed E-state index contributed by atoms with van der Waals surface area (Å²) >= 11 is 12.3. The van der Waals surface area contributed by atoms with Gasteiger partial charge in [0.1, 0.15) is 6.10 Å². The van der Waals surface area contributed by atoms with Crippen molar-refractivity contribution in [2.45, 2.75) is 31.5 Å². The second-order valence-electron chi connectivity index (χ2n) is 7.08. The molecule has 4 rings (SSSR count). The number of benzene rings is 2. The van der Waals surface area contributed by atoms with Gasteiger partial charge >= 0.3 is 0 Å². The third kappa shape index (κ3) is 3.50. The molecule has 1 aliphatic heterocycles. The van der Waals surface area contributed by atoms with Crippen LogP contribution in [-0.2, 0) is 16.9 Å². The van der Waals surface area contributed by atoms with E-state index in [0.29, 0.717) is 0 Å². The van der Waals surface area contributed by atoms with Crippen LogP contribution in [-0.4, -0.2) is 21.7 Å². The number of aromatic nitrogens is 2. The lowest BCUT2D eigenvalue weighted by atomic mass is 9.83. The van der Waals surface area contributed by atoms with Crippen molar-refractivity contribution < 1.29 is 4.84 Å². The van der Waals surface area contributed by atoms with Crippen LogP contribution in [0.25, 0.3) is 0 Å². The molecule has 2 unspecified atom stereocenters. The number of hydrogen-bond acceptors (Lipinski definition) is 3. The van der Waals surface area contributed by atoms with Gasteiger partial charge in [-0.3, -0.25) is 4.84 Å². The third-order valence-electron chi connectivity index (χ3n) is 5.35. The van der Waals surface area contributed by atoms with E-state index in [1.54, 1.807) is 6.20 Å². The number of rotatable bonds is 4. The molecule has 1 aromatic heterocycles. The van der Waals surface area contributed by atoms with Crippen molar-refractivity contribution in [3.63, 3.8) is 0 Å². The molecule has 0 bridgehead atoms. The van der Waals surface area contributed by atoms with E-state index in [1.165, 1.54) is 5.56 Å². The van der Waals surface area contributed by atoms with Crippen molar-refractivity contribution >= 4 is 23.2 Å². The topological polar surface area (TPSA) is 30.3 Å². The summed E-state index contributed by atoms with van der Waals surface area (Å²) in [6.45, 7) is 2.76. The Balaban J connectivity index is 1.75. The van der Waals surface area contributed by atoms with Gasteiger partial charge in [0.2, 0.25) is 0 Å². The van der Waals surface area contributed by atoms with Crippen molar-refractivity contribution in [3.05, 3.63) is 87.9 Å². The number of imidazole rings is 1. The molecular weight excluding hydrogens is 381 g/mol. The van der Waals surface area contributed by atoms with E-state index in [2.05, 4.69) is 21.7 Å². The average molecular weight is 402 g/mol. The highest BCUT2D eigenvalue weighted by atomic mass is 35.5. The second kappa shape index (κ2) is 7.28. The summed E-state index contributed by atoms with van der Waals surface area (Å²) in [5, 5.41) is 3.48. The SMILES string of the molecule is Cc1cc(C2(Cn3ccnc3)CC(c3ccc(Cl)cc3)ON2C)ccc1Cl. The first kappa shape index (κ1) is 18.5. The van der Waals surface area contributed by atoms with Gasteiger partial charge in [0, 0.05) is 42.5 Å². The normalized spacial score (nSPS) is 23.0. The first-order valence-corrected chi connectivity index (χ1v) is 9.62. The van der Waals surface area contributed by atoms with Crippen LogP contribution in [0.2, 0.25) is 10.0 Å². The van der Waals surface area contributed by atoms with E-state index in [4.69, 9.17) is 28.0 Å². The van der Waals surface area contributed by atoms with Crippen LogP contribution >= 0.6 is 23.2 Å². The van der Waals surface area contributed by atoms with Gasteiger partial charge in [0.05, 0.1) is 11.9 Å². The minimum absolute atomic E-state index is 0.0493. The zero-order valence-corrected chi connectivity index (χ0v) is 16.8. The Labute approximate surface area is 169 Å². The predicted octanol–water partition coefficient (Wildman–Crippen LogP) is 5.40. The minimum atomic E-state index is -0.333. The summed E-state index contributed by atoms with van der Waals surface area (Å²) in [7, 11) is 2.00. The van der Waals surface area contributed by atoms with Gasteiger partial charge in [-0.1, -0.05) is 47.5 Å². The maximum absolute atomic E-state index is 6.30. The molecule has 1 saturated heterocycles. The molecule has 140 valence electrons. The fourth-order valence-electron chi connectivity index (χ4n) is 3.79. The Morgan fingerprint density at radius 1 is 1.19 bits per heavy atom. The summed E-state index contributed by atoms with van der Waals surface area (Å²) in [6.07, 6.45) is 6.38. The van der Waals surface area contributed by atoms with Crippen molar-refractivity contribution in [2.24, 2.45) is 0 Å². The largest absolute Gasteiger partial charge is 0.335 e. The lowest BCUT2D eigenvalue weighted by molar-refractivity contribution is -0.176. The van der Waals surface area contributed by atoms with E-state index >= 15 is 0 Å². The molecule has 4 nitrogen and oxygen atoms in total. The highest BCUT2D eigenvalue weighted by Crippen LogP contribution is 2.47. The molecule has 2 aromatic carbocycles. The highest BCUT2D eigenvalue weighted by Gasteiger charge is 2.47. The number of hydrogen-bond donors (Lipinski definition) is 0. The first-order valence-electron chi connectivity index (χ1n) is 8.86. The molecule has 1 aliphatic rings. The van der Waals surface area contributed by atoms with Crippen molar-refractivity contribution in [1.82, 2.24) is 14.6 Å². The summed E-state index contributed by atoms with van der Waals surface area (Å²) in [4.78, 5) is 10.5. The fourth-order valence-corrected chi connectivity index (χ4v) is 4.04. The Hall–Kier alpha value is -1.85. The Morgan fingerprint density at radius 3 is 2.63 bits per heavy atom. The molecule has 0 N–H and O–H groups in total. The zero-order valence-electron chi connectivity index (χ0n) is 15.3. The molecule has 2 atom stereocenters. The van der Waals surface area contributed by atoms with Crippen LogP contribution < -0.4 is 0 Å². The molecule has 6 heteroatoms. The van der Waals surface area contributed by atoms with E-state index in [-0.39, 0.29) is 11.6 Å². The quantitative estimate of drug-likeness (QED) is 0.585. The molecular formula is C21H21Cl2N3O. The number of hydroxylamine groups is 2. The van der Waals surface area contributed by atoms with E-state index in [0.717, 1.165) is 34.1 Å². The number of aryl methyl sites for hydroxylation is 1. The van der Waals surface area contributed by atoms with E-state index in [1.807, 2.05) is 61.9 Å². The van der Waals surface area contributed by atoms with Crippen LogP contribution in [0, 0.1) is 6.92 Å². The molecule has 0 aliphatic carbocycles. The van der Waals surface area contributed by atoms with E-state index < -0.39 is 0 Å². The van der Waals surface area contributed by atoms with Gasteiger partial charge in [0.15, 0.2) is 0 Å². The second-order valence-corrected chi connectivity index (χ2v) is 7.92. The summed E-state index contributed by atoms with van der Waals surface area (Å²) < 4.78 is 2.09. The van der Waals surface area contributed by atoms with Crippen molar-refractivity contribution in [1.29, 1.82) is 0 Å². The van der Waals surface area contributed by atoms with Gasteiger partial charge in [-0.05, 0) is 41.8 Å². The Morgan fingerprint density at radius 2 is 1.96 bits per heavy atom. The van der Waals surface area contributed by atoms with Gasteiger partial charge in [-0.25, -0.2) is 4.98 Å². The molecule has 0 saturated carbocycles. The van der Waals surface area contributed by atoms with Gasteiger partial charge in [0.25, 0.3) is 0 Å². The van der Waals surface area contributed by atoms with Crippen LogP contribution in [0.3, 0.4) is 0 Å². The Kier molecular flexibility index (Phi) is 4.99. The lowest BCUT2D eigenvalue weighted by Gasteiger charge is -2.35. The standard InChI is InChI=1S/C21H21Cl2N3O/c1-15-11-17(5-8-19(15)23)21(13-26-10-9-24-14-26)12-20(27-25(21)2)16-3-6-18(22)7-4-16/h3-11,14,20H,12-13H2,1-2H3. The molecule has 0 amide bonds. The van der Waals surface area contributed by atoms with E-state index in [9.17, 15) is 0 Å². The zero-order chi connectivity index (χ0) is 19.0. The molecule has 2 heterocycles. The maximum atomic E-state index is 6.30. The average Bonchev–Trinajstić information content (AvgIpc) is 3.27. The number of halogens is 2. The number of nitrogens with zero attached hydrogens (tertiary/aromatic N) is 3. The highest BCUT2D eigenvalue weighted by molar-refractivity contribution is 6.31. The van der Waals surface area contributed by atoms with Crippen molar-refractivity contribution in [2.75, 3.05) is 7.05 Å². The summed E-state index contributed by atoms with van der Waals surface area (Å²) in [6, 6.07) is 14.1. The Bertz CT molecular complexity index is 927. The summed E-state index contributed by atoms with van der Waals surface area (Å²) in [5.74, 6) is 0. The van der Waals surface area contributed by atoms with Gasteiger partial charge in [-0.2, -0.15) is 5.06 Å². The maximum Gasteiger partial charge on any atom is 0.107 e. The summed E-state index contributed by atoms with van der Waals surface area (Å²) in [5.41, 5.74) is 3.02. The molecule has 3 aromatic rings. The van der Waals surface area contributed by atoms with Crippen LogP contribution in [0.5, 0.6) is 0 Å².